The quantitative estimate of drug-likeness (QED) is 0.795. The van der Waals surface area contributed by atoms with Gasteiger partial charge in [-0.2, -0.15) is 0 Å². The summed E-state index contributed by atoms with van der Waals surface area (Å²) < 4.78 is 0. The van der Waals surface area contributed by atoms with Crippen molar-refractivity contribution in [2.24, 2.45) is 16.7 Å². The fraction of sp³-hybridized carbons (Fsp3) is 0.471. The third kappa shape index (κ3) is 1.52. The van der Waals surface area contributed by atoms with Crippen molar-refractivity contribution in [1.82, 2.24) is 4.98 Å². The zero-order valence-electron chi connectivity index (χ0n) is 12.3. The summed E-state index contributed by atoms with van der Waals surface area (Å²) in [5, 5.41) is 1.06. The molecule has 0 radical (unpaired) electrons. The van der Waals surface area contributed by atoms with Gasteiger partial charge in [-0.05, 0) is 29.9 Å². The fourth-order valence-electron chi connectivity index (χ4n) is 3.45. The minimum Gasteiger partial charge on any atom is -0.360 e. The number of Topliss-reactive ketones (excluding diaryl/α,β-unsaturated/α-hetero) is 1. The summed E-state index contributed by atoms with van der Waals surface area (Å²) in [6.45, 7) is 10.8. The summed E-state index contributed by atoms with van der Waals surface area (Å²) in [4.78, 5) is 16.0. The van der Waals surface area contributed by atoms with Crippen molar-refractivity contribution in [3.8, 4) is 0 Å². The maximum Gasteiger partial charge on any atom is 0.169 e. The molecule has 2 aromatic rings. The van der Waals surface area contributed by atoms with Crippen LogP contribution in [0.4, 0.5) is 0 Å². The summed E-state index contributed by atoms with van der Waals surface area (Å²) >= 11 is 0. The lowest BCUT2D eigenvalue weighted by Crippen LogP contribution is -2.06. The SMILES string of the molecule is Cc1ccc2[nH]cc(C(=O)C3C(C)(C)C3(C)C)c2c1. The van der Waals surface area contributed by atoms with Gasteiger partial charge in [-0.3, -0.25) is 4.79 Å². The van der Waals surface area contributed by atoms with Crippen molar-refractivity contribution >= 4 is 16.7 Å². The van der Waals surface area contributed by atoms with E-state index in [0.717, 1.165) is 16.5 Å². The second-order valence-corrected chi connectivity index (χ2v) is 6.99. The Kier molecular flexibility index (Phi) is 2.30. The van der Waals surface area contributed by atoms with Gasteiger partial charge in [0.05, 0.1) is 0 Å². The lowest BCUT2D eigenvalue weighted by atomic mass is 10.00. The summed E-state index contributed by atoms with van der Waals surface area (Å²) in [5.41, 5.74) is 3.28. The molecule has 0 aliphatic heterocycles. The number of carbonyl (C=O) groups excluding carboxylic acids is 1. The first-order chi connectivity index (χ1) is 8.76. The average molecular weight is 255 g/mol. The zero-order valence-corrected chi connectivity index (χ0v) is 12.3. The van der Waals surface area contributed by atoms with Crippen LogP contribution < -0.4 is 0 Å². The molecule has 0 saturated heterocycles. The maximum absolute atomic E-state index is 12.8. The minimum atomic E-state index is 0.0947. The molecule has 1 heterocycles. The molecule has 3 rings (SSSR count). The van der Waals surface area contributed by atoms with E-state index in [1.54, 1.807) is 0 Å². The van der Waals surface area contributed by atoms with Crippen LogP contribution >= 0.6 is 0 Å². The Labute approximate surface area is 114 Å². The summed E-state index contributed by atoms with van der Waals surface area (Å²) in [7, 11) is 0. The van der Waals surface area contributed by atoms with Crippen LogP contribution in [0.25, 0.3) is 10.9 Å². The summed E-state index contributed by atoms with van der Waals surface area (Å²) in [6, 6.07) is 6.21. The number of H-pyrrole nitrogens is 1. The van der Waals surface area contributed by atoms with E-state index in [0.29, 0.717) is 0 Å². The predicted octanol–water partition coefficient (Wildman–Crippen LogP) is 4.34. The van der Waals surface area contributed by atoms with Gasteiger partial charge in [0, 0.05) is 28.6 Å². The van der Waals surface area contributed by atoms with Crippen LogP contribution in [-0.2, 0) is 0 Å². The molecule has 0 amide bonds. The third-order valence-electron chi connectivity index (χ3n) is 5.39. The van der Waals surface area contributed by atoms with Gasteiger partial charge in [-0.25, -0.2) is 0 Å². The molecule has 1 fully saturated rings. The number of carbonyl (C=O) groups is 1. The van der Waals surface area contributed by atoms with Gasteiger partial charge < -0.3 is 4.98 Å². The second-order valence-electron chi connectivity index (χ2n) is 6.99. The zero-order chi connectivity index (χ0) is 14.0. The van der Waals surface area contributed by atoms with Crippen LogP contribution in [0, 0.1) is 23.7 Å². The molecule has 0 spiro atoms. The minimum absolute atomic E-state index is 0.0947. The van der Waals surface area contributed by atoms with Crippen LogP contribution in [0.3, 0.4) is 0 Å². The fourth-order valence-corrected chi connectivity index (χ4v) is 3.45. The van der Waals surface area contributed by atoms with E-state index in [4.69, 9.17) is 0 Å². The van der Waals surface area contributed by atoms with E-state index in [1.165, 1.54) is 5.56 Å². The first-order valence-corrected chi connectivity index (χ1v) is 6.89. The van der Waals surface area contributed by atoms with E-state index in [2.05, 4.69) is 51.7 Å². The molecule has 1 N–H and O–H groups in total. The highest BCUT2D eigenvalue weighted by Gasteiger charge is 2.68. The van der Waals surface area contributed by atoms with Gasteiger partial charge in [0.15, 0.2) is 5.78 Å². The van der Waals surface area contributed by atoms with Crippen molar-refractivity contribution in [1.29, 1.82) is 0 Å². The molecule has 1 saturated carbocycles. The number of hydrogen-bond acceptors (Lipinski definition) is 1. The number of nitrogens with one attached hydrogen (secondary N) is 1. The molecular formula is C17H21NO. The van der Waals surface area contributed by atoms with Gasteiger partial charge in [0.25, 0.3) is 0 Å². The van der Waals surface area contributed by atoms with Gasteiger partial charge >= 0.3 is 0 Å². The number of ketones is 1. The van der Waals surface area contributed by atoms with Crippen LogP contribution in [0.15, 0.2) is 24.4 Å². The first kappa shape index (κ1) is 12.5. The van der Waals surface area contributed by atoms with Gasteiger partial charge in [0.2, 0.25) is 0 Å². The Morgan fingerprint density at radius 2 is 1.79 bits per heavy atom. The molecule has 1 aliphatic carbocycles. The van der Waals surface area contributed by atoms with Crippen molar-refractivity contribution in [3.63, 3.8) is 0 Å². The second kappa shape index (κ2) is 3.50. The molecule has 1 aliphatic rings. The number of hydrogen-bond donors (Lipinski definition) is 1. The highest BCUT2D eigenvalue weighted by atomic mass is 16.1. The lowest BCUT2D eigenvalue weighted by Gasteiger charge is -2.03. The monoisotopic (exact) mass is 255 g/mol. The Morgan fingerprint density at radius 3 is 2.37 bits per heavy atom. The molecule has 0 unspecified atom stereocenters. The van der Waals surface area contributed by atoms with Crippen molar-refractivity contribution in [2.45, 2.75) is 34.6 Å². The van der Waals surface area contributed by atoms with E-state index in [-0.39, 0.29) is 22.5 Å². The molecule has 1 aromatic carbocycles. The summed E-state index contributed by atoms with van der Waals surface area (Å²) in [6.07, 6.45) is 1.87. The van der Waals surface area contributed by atoms with Crippen LogP contribution in [0.1, 0.15) is 43.6 Å². The molecular weight excluding hydrogens is 234 g/mol. The van der Waals surface area contributed by atoms with Crippen molar-refractivity contribution < 1.29 is 4.79 Å². The number of aromatic nitrogens is 1. The molecule has 2 nitrogen and oxygen atoms in total. The van der Waals surface area contributed by atoms with Gasteiger partial charge in [-0.1, -0.05) is 39.3 Å². The van der Waals surface area contributed by atoms with Gasteiger partial charge in [-0.15, -0.1) is 0 Å². The average Bonchev–Trinajstić information content (AvgIpc) is 2.63. The van der Waals surface area contributed by atoms with E-state index in [1.807, 2.05) is 12.3 Å². The Bertz CT molecular complexity index is 662. The predicted molar refractivity (Wildman–Crippen MR) is 78.4 cm³/mol. The third-order valence-corrected chi connectivity index (χ3v) is 5.39. The molecule has 100 valence electrons. The van der Waals surface area contributed by atoms with Crippen LogP contribution in [0.2, 0.25) is 0 Å². The highest BCUT2D eigenvalue weighted by molar-refractivity contribution is 6.10. The number of benzene rings is 1. The Balaban J connectivity index is 2.07. The number of aromatic amines is 1. The van der Waals surface area contributed by atoms with E-state index >= 15 is 0 Å². The largest absolute Gasteiger partial charge is 0.360 e. The van der Waals surface area contributed by atoms with Crippen LogP contribution in [-0.4, -0.2) is 10.8 Å². The Hall–Kier alpha value is -1.57. The topological polar surface area (TPSA) is 32.9 Å². The van der Waals surface area contributed by atoms with Crippen molar-refractivity contribution in [3.05, 3.63) is 35.5 Å². The molecule has 0 bridgehead atoms. The number of rotatable bonds is 2. The maximum atomic E-state index is 12.8. The molecule has 19 heavy (non-hydrogen) atoms. The van der Waals surface area contributed by atoms with Crippen molar-refractivity contribution in [2.75, 3.05) is 0 Å². The van der Waals surface area contributed by atoms with Gasteiger partial charge in [0.1, 0.15) is 0 Å². The molecule has 0 atom stereocenters. The van der Waals surface area contributed by atoms with E-state index < -0.39 is 0 Å². The smallest absolute Gasteiger partial charge is 0.169 e. The highest BCUT2D eigenvalue weighted by Crippen LogP contribution is 2.69. The molecule has 2 heteroatoms. The number of aryl methyl sites for hydroxylation is 1. The standard InChI is InChI=1S/C17H21NO/c1-10-6-7-13-11(8-10)12(9-18-13)14(19)15-16(2,3)17(15,4)5/h6-9,15,18H,1-5H3. The van der Waals surface area contributed by atoms with E-state index in [9.17, 15) is 4.79 Å². The first-order valence-electron chi connectivity index (χ1n) is 6.89. The normalized spacial score (nSPS) is 20.7. The lowest BCUT2D eigenvalue weighted by molar-refractivity contribution is 0.0947. The number of fused-ring (bicyclic) bond motifs is 1. The van der Waals surface area contributed by atoms with Crippen LogP contribution in [0.5, 0.6) is 0 Å². The summed E-state index contributed by atoms with van der Waals surface area (Å²) in [5.74, 6) is 0.409. The Morgan fingerprint density at radius 1 is 1.16 bits per heavy atom. The molecule has 1 aromatic heterocycles.